The molecule has 0 amide bonds. The highest BCUT2D eigenvalue weighted by molar-refractivity contribution is 8.00. The zero-order chi connectivity index (χ0) is 8.32. The van der Waals surface area contributed by atoms with Gasteiger partial charge in [0.25, 0.3) is 0 Å². The smallest absolute Gasteiger partial charge is 0.0546 e. The summed E-state index contributed by atoms with van der Waals surface area (Å²) in [5, 5.41) is 4.20. The maximum Gasteiger partial charge on any atom is 0.0546 e. The molecule has 0 aliphatic carbocycles. The van der Waals surface area contributed by atoms with Crippen molar-refractivity contribution in [2.75, 3.05) is 18.6 Å². The van der Waals surface area contributed by atoms with Crippen molar-refractivity contribution < 1.29 is 0 Å². The second kappa shape index (κ2) is 4.06. The van der Waals surface area contributed by atoms with E-state index in [2.05, 4.69) is 37.2 Å². The standard InChI is InChI=1S/C8H17NS2/c1-8(2,10-3)6-7-9-4-5-11-7/h7,9H,4-6H2,1-3H3. The van der Waals surface area contributed by atoms with Gasteiger partial charge in [0, 0.05) is 17.0 Å². The summed E-state index contributed by atoms with van der Waals surface area (Å²) in [5.41, 5.74) is 0. The third-order valence-electron chi connectivity index (χ3n) is 2.02. The van der Waals surface area contributed by atoms with Gasteiger partial charge in [-0.3, -0.25) is 0 Å². The van der Waals surface area contributed by atoms with Crippen LogP contribution < -0.4 is 5.32 Å². The third kappa shape index (κ3) is 3.26. The average molecular weight is 191 g/mol. The molecule has 0 radical (unpaired) electrons. The summed E-state index contributed by atoms with van der Waals surface area (Å²) in [6.07, 6.45) is 3.47. The van der Waals surface area contributed by atoms with Gasteiger partial charge in [-0.2, -0.15) is 11.8 Å². The predicted molar refractivity (Wildman–Crippen MR) is 56.5 cm³/mol. The second-order valence-electron chi connectivity index (χ2n) is 3.48. The van der Waals surface area contributed by atoms with Crippen LogP contribution in [0.1, 0.15) is 20.3 Å². The van der Waals surface area contributed by atoms with Gasteiger partial charge < -0.3 is 5.32 Å². The monoisotopic (exact) mass is 191 g/mol. The molecule has 1 N–H and O–H groups in total. The first-order valence-corrected chi connectivity index (χ1v) is 6.31. The molecular weight excluding hydrogens is 174 g/mol. The van der Waals surface area contributed by atoms with Crippen LogP contribution in [0.4, 0.5) is 0 Å². The van der Waals surface area contributed by atoms with Crippen LogP contribution in [0.2, 0.25) is 0 Å². The largest absolute Gasteiger partial charge is 0.304 e. The Kier molecular flexibility index (Phi) is 3.59. The number of nitrogens with one attached hydrogen (secondary N) is 1. The summed E-state index contributed by atoms with van der Waals surface area (Å²) in [6, 6.07) is 0. The van der Waals surface area contributed by atoms with E-state index in [1.54, 1.807) is 0 Å². The molecule has 1 aliphatic rings. The zero-order valence-electron chi connectivity index (χ0n) is 7.52. The highest BCUT2D eigenvalue weighted by Crippen LogP contribution is 2.31. The van der Waals surface area contributed by atoms with Crippen molar-refractivity contribution in [1.82, 2.24) is 5.32 Å². The molecule has 1 heterocycles. The summed E-state index contributed by atoms with van der Waals surface area (Å²) < 4.78 is 0.439. The Morgan fingerprint density at radius 2 is 2.36 bits per heavy atom. The van der Waals surface area contributed by atoms with Gasteiger partial charge in [-0.15, -0.1) is 11.8 Å². The maximum atomic E-state index is 3.50. The molecular formula is C8H17NS2. The van der Waals surface area contributed by atoms with E-state index in [-0.39, 0.29) is 0 Å². The second-order valence-corrected chi connectivity index (χ2v) is 6.31. The highest BCUT2D eigenvalue weighted by atomic mass is 32.2. The molecule has 1 saturated heterocycles. The molecule has 0 saturated carbocycles. The first-order chi connectivity index (χ1) is 5.14. The topological polar surface area (TPSA) is 12.0 Å². The van der Waals surface area contributed by atoms with Gasteiger partial charge in [0.05, 0.1) is 5.37 Å². The Morgan fingerprint density at radius 3 is 2.82 bits per heavy atom. The van der Waals surface area contributed by atoms with E-state index >= 15 is 0 Å². The summed E-state index contributed by atoms with van der Waals surface area (Å²) in [5.74, 6) is 1.29. The quantitative estimate of drug-likeness (QED) is 0.734. The van der Waals surface area contributed by atoms with Gasteiger partial charge in [-0.05, 0) is 12.7 Å². The van der Waals surface area contributed by atoms with Gasteiger partial charge in [0.15, 0.2) is 0 Å². The van der Waals surface area contributed by atoms with Crippen LogP contribution in [0.15, 0.2) is 0 Å². The normalized spacial score (nSPS) is 25.9. The van der Waals surface area contributed by atoms with E-state index in [1.165, 1.54) is 18.7 Å². The van der Waals surface area contributed by atoms with Gasteiger partial charge >= 0.3 is 0 Å². The number of hydrogen-bond acceptors (Lipinski definition) is 3. The number of hydrogen-bond donors (Lipinski definition) is 1. The molecule has 66 valence electrons. The lowest BCUT2D eigenvalue weighted by atomic mass is 10.1. The van der Waals surface area contributed by atoms with Crippen LogP contribution >= 0.6 is 23.5 Å². The first kappa shape index (κ1) is 9.75. The van der Waals surface area contributed by atoms with Crippen LogP contribution in [0.5, 0.6) is 0 Å². The molecule has 1 rings (SSSR count). The minimum Gasteiger partial charge on any atom is -0.304 e. The lowest BCUT2D eigenvalue weighted by molar-refractivity contribution is 0.570. The van der Waals surface area contributed by atoms with Crippen molar-refractivity contribution >= 4 is 23.5 Å². The van der Waals surface area contributed by atoms with Gasteiger partial charge in [-0.25, -0.2) is 0 Å². The van der Waals surface area contributed by atoms with E-state index in [0.29, 0.717) is 10.1 Å². The van der Waals surface area contributed by atoms with E-state index in [1.807, 2.05) is 11.8 Å². The average Bonchev–Trinajstić information content (AvgIpc) is 2.39. The molecule has 11 heavy (non-hydrogen) atoms. The minimum absolute atomic E-state index is 0.439. The van der Waals surface area contributed by atoms with E-state index in [4.69, 9.17) is 0 Å². The fourth-order valence-electron chi connectivity index (χ4n) is 1.14. The van der Waals surface area contributed by atoms with Crippen molar-refractivity contribution in [2.24, 2.45) is 0 Å². The van der Waals surface area contributed by atoms with E-state index < -0.39 is 0 Å². The molecule has 1 atom stereocenters. The summed E-state index contributed by atoms with van der Waals surface area (Å²) in [4.78, 5) is 0. The van der Waals surface area contributed by atoms with Crippen LogP contribution in [0.3, 0.4) is 0 Å². The SMILES string of the molecule is CSC(C)(C)CC1NCCS1. The Bertz CT molecular complexity index is 119. The molecule has 0 bridgehead atoms. The van der Waals surface area contributed by atoms with Gasteiger partial charge in [0.1, 0.15) is 0 Å². The van der Waals surface area contributed by atoms with Crippen LogP contribution in [-0.2, 0) is 0 Å². The van der Waals surface area contributed by atoms with Crippen molar-refractivity contribution in [3.63, 3.8) is 0 Å². The minimum atomic E-state index is 0.439. The highest BCUT2D eigenvalue weighted by Gasteiger charge is 2.24. The van der Waals surface area contributed by atoms with E-state index in [0.717, 1.165) is 0 Å². The Balaban J connectivity index is 2.28. The van der Waals surface area contributed by atoms with Crippen molar-refractivity contribution in [3.05, 3.63) is 0 Å². The molecule has 0 aromatic carbocycles. The predicted octanol–water partition coefficient (Wildman–Crippen LogP) is 2.18. The van der Waals surface area contributed by atoms with Gasteiger partial charge in [-0.1, -0.05) is 13.8 Å². The summed E-state index contributed by atoms with van der Waals surface area (Å²) >= 11 is 4.02. The van der Waals surface area contributed by atoms with E-state index in [9.17, 15) is 0 Å². The summed E-state index contributed by atoms with van der Waals surface area (Å²) in [7, 11) is 0. The van der Waals surface area contributed by atoms with Gasteiger partial charge in [0.2, 0.25) is 0 Å². The molecule has 0 spiro atoms. The first-order valence-electron chi connectivity index (χ1n) is 4.04. The van der Waals surface area contributed by atoms with Crippen molar-refractivity contribution in [3.8, 4) is 0 Å². The Morgan fingerprint density at radius 1 is 1.64 bits per heavy atom. The fraction of sp³-hybridized carbons (Fsp3) is 1.00. The molecule has 1 unspecified atom stereocenters. The molecule has 1 fully saturated rings. The number of thioether (sulfide) groups is 2. The van der Waals surface area contributed by atoms with Crippen LogP contribution in [0.25, 0.3) is 0 Å². The lowest BCUT2D eigenvalue weighted by Crippen LogP contribution is -2.28. The van der Waals surface area contributed by atoms with Crippen LogP contribution in [0, 0.1) is 0 Å². The molecule has 3 heteroatoms. The van der Waals surface area contributed by atoms with Crippen LogP contribution in [-0.4, -0.2) is 28.7 Å². The lowest BCUT2D eigenvalue weighted by Gasteiger charge is -2.25. The maximum absolute atomic E-state index is 3.50. The zero-order valence-corrected chi connectivity index (χ0v) is 9.15. The molecule has 0 aromatic rings. The van der Waals surface area contributed by atoms with Crippen molar-refractivity contribution in [1.29, 1.82) is 0 Å². The Hall–Kier alpha value is 0.660. The molecule has 0 aromatic heterocycles. The molecule has 1 aliphatic heterocycles. The molecule has 1 nitrogen and oxygen atoms in total. The summed E-state index contributed by atoms with van der Waals surface area (Å²) in [6.45, 7) is 5.83. The number of rotatable bonds is 3. The Labute approximate surface area is 78.1 Å². The van der Waals surface area contributed by atoms with Crippen molar-refractivity contribution in [2.45, 2.75) is 30.4 Å². The fourth-order valence-corrected chi connectivity index (χ4v) is 2.87. The third-order valence-corrected chi connectivity index (χ3v) is 4.47.